The van der Waals surface area contributed by atoms with Gasteiger partial charge < -0.3 is 15.0 Å². The highest BCUT2D eigenvalue weighted by Crippen LogP contribution is 2.38. The van der Waals surface area contributed by atoms with E-state index < -0.39 is 24.6 Å². The molecule has 2 aromatic carbocycles. The molecule has 2 aromatic heterocycles. The molecule has 1 amide bonds. The summed E-state index contributed by atoms with van der Waals surface area (Å²) >= 11 is 6.35. The molecule has 7 nitrogen and oxygen atoms in total. The van der Waals surface area contributed by atoms with Crippen molar-refractivity contribution < 1.29 is 23.1 Å². The number of hydrogen-bond donors (Lipinski definition) is 3. The van der Waals surface area contributed by atoms with Crippen LogP contribution in [0.2, 0.25) is 5.02 Å². The molecular weight excluding hydrogens is 497 g/mol. The van der Waals surface area contributed by atoms with E-state index in [4.69, 9.17) is 11.6 Å². The minimum absolute atomic E-state index is 0.170. The molecule has 4 aromatic rings. The Kier molecular flexibility index (Phi) is 5.88. The highest BCUT2D eigenvalue weighted by atomic mass is 35.5. The van der Waals surface area contributed by atoms with Crippen molar-refractivity contribution >= 4 is 28.7 Å². The van der Waals surface area contributed by atoms with Crippen LogP contribution in [0.3, 0.4) is 0 Å². The molecule has 1 saturated heterocycles. The number of aromatic amines is 2. The zero-order valence-electron chi connectivity index (χ0n) is 18.7. The molecule has 1 aliphatic rings. The molecule has 11 heteroatoms. The quantitative estimate of drug-likeness (QED) is 0.365. The molecule has 0 bridgehead atoms. The number of hydrogen-bond acceptors (Lipinski definition) is 4. The highest BCUT2D eigenvalue weighted by Gasteiger charge is 2.54. The van der Waals surface area contributed by atoms with Crippen LogP contribution in [0.4, 0.5) is 13.2 Å². The van der Waals surface area contributed by atoms with Crippen LogP contribution < -0.4 is 5.69 Å². The largest absolute Gasteiger partial charge is 0.417 e. The van der Waals surface area contributed by atoms with Gasteiger partial charge in [0.25, 0.3) is 5.91 Å². The number of rotatable bonds is 3. The van der Waals surface area contributed by atoms with Crippen LogP contribution in [0.5, 0.6) is 0 Å². The van der Waals surface area contributed by atoms with Crippen LogP contribution in [-0.2, 0) is 0 Å². The van der Waals surface area contributed by atoms with Gasteiger partial charge in [0, 0.05) is 37.1 Å². The number of H-pyrrole nitrogens is 2. The lowest BCUT2D eigenvalue weighted by Gasteiger charge is -2.39. The maximum Gasteiger partial charge on any atom is 0.417 e. The number of likely N-dealkylation sites (tertiary alicyclic amines) is 1. The number of fused-ring (bicyclic) bond motifs is 1. The van der Waals surface area contributed by atoms with Gasteiger partial charge in [0.2, 0.25) is 0 Å². The molecule has 1 aliphatic heterocycles. The summed E-state index contributed by atoms with van der Waals surface area (Å²) in [5, 5.41) is 10.2. The van der Waals surface area contributed by atoms with Crippen molar-refractivity contribution in [3.8, 4) is 22.4 Å². The number of piperidine rings is 1. The maximum absolute atomic E-state index is 13.0. The molecule has 3 heterocycles. The first-order valence-electron chi connectivity index (χ1n) is 11.1. The Labute approximate surface area is 207 Å². The molecule has 0 aliphatic carbocycles. The SMILES string of the molecule is O=C(c1ccc(-c2ccc(-c3nc4[nH]c(=O)[nH]c4cc3Cl)cc2)cc1)N1CCC(O)(C(F)(F)F)CC1. The van der Waals surface area contributed by atoms with Gasteiger partial charge in [0.15, 0.2) is 11.2 Å². The van der Waals surface area contributed by atoms with Crippen LogP contribution in [-0.4, -0.2) is 55.7 Å². The van der Waals surface area contributed by atoms with E-state index in [0.717, 1.165) is 16.7 Å². The summed E-state index contributed by atoms with van der Waals surface area (Å²) in [7, 11) is 0. The van der Waals surface area contributed by atoms with Gasteiger partial charge in [-0.1, -0.05) is 48.0 Å². The summed E-state index contributed by atoms with van der Waals surface area (Å²) in [6, 6.07) is 15.8. The van der Waals surface area contributed by atoms with Crippen molar-refractivity contribution in [2.24, 2.45) is 0 Å². The summed E-state index contributed by atoms with van der Waals surface area (Å²) in [6.07, 6.45) is -5.80. The summed E-state index contributed by atoms with van der Waals surface area (Å²) in [4.78, 5) is 35.2. The van der Waals surface area contributed by atoms with Crippen molar-refractivity contribution in [1.82, 2.24) is 19.9 Å². The van der Waals surface area contributed by atoms with Crippen LogP contribution in [0, 0.1) is 0 Å². The Morgan fingerprint density at radius 1 is 0.972 bits per heavy atom. The molecule has 0 saturated carbocycles. The van der Waals surface area contributed by atoms with E-state index in [1.54, 1.807) is 30.3 Å². The second kappa shape index (κ2) is 8.79. The van der Waals surface area contributed by atoms with E-state index in [9.17, 15) is 27.9 Å². The average molecular weight is 517 g/mol. The number of imidazole rings is 1. The zero-order valence-corrected chi connectivity index (χ0v) is 19.5. The minimum Gasteiger partial charge on any atom is -0.380 e. The average Bonchev–Trinajstić information content (AvgIpc) is 3.22. The fourth-order valence-electron chi connectivity index (χ4n) is 4.31. The van der Waals surface area contributed by atoms with Gasteiger partial charge in [-0.2, -0.15) is 13.2 Å². The van der Waals surface area contributed by atoms with Crippen LogP contribution >= 0.6 is 11.6 Å². The number of carbonyl (C=O) groups excluding carboxylic acids is 1. The molecule has 186 valence electrons. The van der Waals surface area contributed by atoms with Crippen LogP contribution in [0.25, 0.3) is 33.5 Å². The van der Waals surface area contributed by atoms with Crippen LogP contribution in [0.1, 0.15) is 23.2 Å². The van der Waals surface area contributed by atoms with Crippen molar-refractivity contribution in [2.45, 2.75) is 24.6 Å². The monoisotopic (exact) mass is 516 g/mol. The first kappa shape index (κ1) is 24.1. The van der Waals surface area contributed by atoms with Crippen molar-refractivity contribution in [2.75, 3.05) is 13.1 Å². The highest BCUT2D eigenvalue weighted by molar-refractivity contribution is 6.33. The predicted molar refractivity (Wildman–Crippen MR) is 129 cm³/mol. The number of alkyl halides is 3. The number of benzene rings is 2. The lowest BCUT2D eigenvalue weighted by Crippen LogP contribution is -2.54. The molecule has 0 radical (unpaired) electrons. The smallest absolute Gasteiger partial charge is 0.380 e. The van der Waals surface area contributed by atoms with Crippen molar-refractivity contribution in [3.63, 3.8) is 0 Å². The first-order valence-corrected chi connectivity index (χ1v) is 11.5. The van der Waals surface area contributed by atoms with Crippen molar-refractivity contribution in [3.05, 3.63) is 75.7 Å². The minimum atomic E-state index is -4.71. The van der Waals surface area contributed by atoms with Gasteiger partial charge in [-0.25, -0.2) is 9.78 Å². The van der Waals surface area contributed by atoms with E-state index in [-0.39, 0.29) is 24.7 Å². The molecule has 0 unspecified atom stereocenters. The van der Waals surface area contributed by atoms with Gasteiger partial charge in [-0.15, -0.1) is 0 Å². The number of aliphatic hydroxyl groups is 1. The second-order valence-electron chi connectivity index (χ2n) is 8.77. The Morgan fingerprint density at radius 3 is 2.11 bits per heavy atom. The summed E-state index contributed by atoms with van der Waals surface area (Å²) in [6.45, 7) is -0.339. The standard InChI is InChI=1S/C25H20ClF3N4O3/c26-18-13-19-21(32-23(35)30-19)31-20(18)16-5-1-14(2-6-16)15-3-7-17(8-4-15)22(34)33-11-9-24(36,10-12-33)25(27,28)29/h1-8,13,36H,9-12H2,(H2,30,31,32,35). The number of amides is 1. The Hall–Kier alpha value is -3.63. The molecule has 3 N–H and O–H groups in total. The number of carbonyl (C=O) groups is 1. The summed E-state index contributed by atoms with van der Waals surface area (Å²) in [5.41, 5.74) is 1.15. The Balaban J connectivity index is 1.30. The molecule has 0 atom stereocenters. The van der Waals surface area contributed by atoms with Gasteiger partial charge in [-0.3, -0.25) is 9.78 Å². The fourth-order valence-corrected chi connectivity index (χ4v) is 4.58. The van der Waals surface area contributed by atoms with Gasteiger partial charge in [0.05, 0.1) is 16.2 Å². The predicted octanol–water partition coefficient (Wildman–Crippen LogP) is 4.77. The van der Waals surface area contributed by atoms with Crippen LogP contribution in [0.15, 0.2) is 59.4 Å². The number of nitrogens with zero attached hydrogens (tertiary/aromatic N) is 2. The van der Waals surface area contributed by atoms with E-state index >= 15 is 0 Å². The zero-order chi connectivity index (χ0) is 25.7. The second-order valence-corrected chi connectivity index (χ2v) is 9.18. The topological polar surface area (TPSA) is 102 Å². The van der Waals surface area contributed by atoms with E-state index in [2.05, 4.69) is 15.0 Å². The number of nitrogens with one attached hydrogen (secondary N) is 2. The molecule has 0 spiro atoms. The van der Waals surface area contributed by atoms with Gasteiger partial charge in [0.1, 0.15) is 0 Å². The first-order chi connectivity index (χ1) is 17.0. The normalized spacial score (nSPS) is 15.9. The molecule has 36 heavy (non-hydrogen) atoms. The maximum atomic E-state index is 13.0. The van der Waals surface area contributed by atoms with E-state index in [0.29, 0.717) is 27.4 Å². The lowest BCUT2D eigenvalue weighted by atomic mass is 9.90. The lowest BCUT2D eigenvalue weighted by molar-refractivity contribution is -0.271. The molecular formula is C25H20ClF3N4O3. The Bertz CT molecular complexity index is 1490. The third kappa shape index (κ3) is 4.38. The Morgan fingerprint density at radius 2 is 1.53 bits per heavy atom. The third-order valence-electron chi connectivity index (χ3n) is 6.49. The van der Waals surface area contributed by atoms with Gasteiger partial charge >= 0.3 is 11.9 Å². The summed E-state index contributed by atoms with van der Waals surface area (Å²) in [5.74, 6) is -0.375. The van der Waals surface area contributed by atoms with E-state index in [1.165, 1.54) is 4.90 Å². The number of pyridine rings is 1. The number of aromatic nitrogens is 3. The summed E-state index contributed by atoms with van der Waals surface area (Å²) < 4.78 is 39.0. The van der Waals surface area contributed by atoms with Gasteiger partial charge in [-0.05, 0) is 29.3 Å². The molecule has 5 rings (SSSR count). The third-order valence-corrected chi connectivity index (χ3v) is 6.77. The van der Waals surface area contributed by atoms with Crippen molar-refractivity contribution in [1.29, 1.82) is 0 Å². The van der Waals surface area contributed by atoms with E-state index in [1.807, 2.05) is 24.3 Å². The fraction of sp³-hybridized carbons (Fsp3) is 0.240. The number of halogens is 4. The molecule has 1 fully saturated rings.